The van der Waals surface area contributed by atoms with Gasteiger partial charge in [0.1, 0.15) is 5.78 Å². The van der Waals surface area contributed by atoms with E-state index >= 15 is 0 Å². The first-order chi connectivity index (χ1) is 6.88. The molecule has 0 saturated carbocycles. The van der Waals surface area contributed by atoms with Gasteiger partial charge < -0.3 is 5.73 Å². The maximum Gasteiger partial charge on any atom is 0.139 e. The van der Waals surface area contributed by atoms with E-state index in [9.17, 15) is 4.79 Å². The molecule has 0 bridgehead atoms. The van der Waals surface area contributed by atoms with Gasteiger partial charge in [0.15, 0.2) is 0 Å². The lowest BCUT2D eigenvalue weighted by atomic mass is 9.96. The van der Waals surface area contributed by atoms with Crippen molar-refractivity contribution in [3.63, 3.8) is 0 Å². The van der Waals surface area contributed by atoms with Crippen molar-refractivity contribution in [1.82, 2.24) is 4.98 Å². The normalized spacial score (nSPS) is 11.5. The van der Waals surface area contributed by atoms with Crippen molar-refractivity contribution in [1.29, 1.82) is 0 Å². The highest BCUT2D eigenvalue weighted by atomic mass is 35.5. The maximum absolute atomic E-state index is 11.6. The van der Waals surface area contributed by atoms with Crippen LogP contribution in [-0.2, 0) is 11.2 Å². The number of nitrogens with zero attached hydrogens (tertiary/aromatic N) is 1. The Hall–Kier alpha value is -0.930. The van der Waals surface area contributed by atoms with Crippen LogP contribution in [0.25, 0.3) is 0 Å². The SMILES string of the molecule is CC(C)(N)CC(=O)Cc1ccncc1Cl. The van der Waals surface area contributed by atoms with Gasteiger partial charge in [-0.3, -0.25) is 9.78 Å². The number of aromatic nitrogens is 1. The van der Waals surface area contributed by atoms with E-state index < -0.39 is 5.54 Å². The molecule has 0 radical (unpaired) electrons. The third-order valence-corrected chi connectivity index (χ3v) is 2.24. The molecule has 0 atom stereocenters. The average molecular weight is 227 g/mol. The van der Waals surface area contributed by atoms with Crippen LogP contribution in [0.4, 0.5) is 0 Å². The summed E-state index contributed by atoms with van der Waals surface area (Å²) in [5.74, 6) is 0.0931. The second-order valence-electron chi connectivity index (χ2n) is 4.35. The molecule has 0 aromatic carbocycles. The molecule has 82 valence electrons. The van der Waals surface area contributed by atoms with Gasteiger partial charge in [0.25, 0.3) is 0 Å². The highest BCUT2D eigenvalue weighted by Crippen LogP contribution is 2.16. The van der Waals surface area contributed by atoms with Gasteiger partial charge in [0, 0.05) is 30.8 Å². The number of halogens is 1. The second kappa shape index (κ2) is 4.73. The van der Waals surface area contributed by atoms with Gasteiger partial charge >= 0.3 is 0 Å². The number of hydrogen-bond acceptors (Lipinski definition) is 3. The molecule has 4 heteroatoms. The number of carbonyl (C=O) groups excluding carboxylic acids is 1. The Labute approximate surface area is 94.6 Å². The quantitative estimate of drug-likeness (QED) is 0.854. The first-order valence-corrected chi connectivity index (χ1v) is 5.15. The van der Waals surface area contributed by atoms with E-state index in [-0.39, 0.29) is 5.78 Å². The zero-order valence-electron chi connectivity index (χ0n) is 8.96. The minimum Gasteiger partial charge on any atom is -0.325 e. The molecule has 2 N–H and O–H groups in total. The van der Waals surface area contributed by atoms with Crippen LogP contribution in [0, 0.1) is 0 Å². The van der Waals surface area contributed by atoms with E-state index in [4.69, 9.17) is 17.3 Å². The van der Waals surface area contributed by atoms with Crippen molar-refractivity contribution in [3.8, 4) is 0 Å². The molecule has 1 heterocycles. The maximum atomic E-state index is 11.6. The van der Waals surface area contributed by atoms with Crippen LogP contribution in [0.2, 0.25) is 5.02 Å². The van der Waals surface area contributed by atoms with Crippen molar-refractivity contribution < 1.29 is 4.79 Å². The third-order valence-electron chi connectivity index (χ3n) is 1.90. The minimum atomic E-state index is -0.462. The zero-order chi connectivity index (χ0) is 11.5. The zero-order valence-corrected chi connectivity index (χ0v) is 9.71. The first-order valence-electron chi connectivity index (χ1n) is 4.77. The molecule has 1 rings (SSSR count). The summed E-state index contributed by atoms with van der Waals surface area (Å²) in [6.45, 7) is 3.66. The molecule has 1 aromatic heterocycles. The molecule has 0 saturated heterocycles. The van der Waals surface area contributed by atoms with Crippen molar-refractivity contribution in [2.24, 2.45) is 5.73 Å². The fourth-order valence-electron chi connectivity index (χ4n) is 1.33. The third kappa shape index (κ3) is 4.40. The predicted octanol–water partition coefficient (Wildman–Crippen LogP) is 1.97. The monoisotopic (exact) mass is 226 g/mol. The van der Waals surface area contributed by atoms with E-state index in [1.54, 1.807) is 12.3 Å². The summed E-state index contributed by atoms with van der Waals surface area (Å²) < 4.78 is 0. The summed E-state index contributed by atoms with van der Waals surface area (Å²) in [6.07, 6.45) is 3.84. The lowest BCUT2D eigenvalue weighted by molar-refractivity contribution is -0.119. The van der Waals surface area contributed by atoms with Gasteiger partial charge in [-0.1, -0.05) is 11.6 Å². The van der Waals surface area contributed by atoms with Crippen molar-refractivity contribution in [2.75, 3.05) is 0 Å². The van der Waals surface area contributed by atoms with Crippen LogP contribution in [0.5, 0.6) is 0 Å². The molecule has 0 unspecified atom stereocenters. The van der Waals surface area contributed by atoms with Gasteiger partial charge in [-0.15, -0.1) is 0 Å². The van der Waals surface area contributed by atoms with Gasteiger partial charge in [-0.25, -0.2) is 0 Å². The summed E-state index contributed by atoms with van der Waals surface area (Å²) in [6, 6.07) is 1.75. The van der Waals surface area contributed by atoms with E-state index in [0.717, 1.165) is 5.56 Å². The summed E-state index contributed by atoms with van der Waals surface area (Å²) in [5.41, 5.74) is 6.11. The van der Waals surface area contributed by atoms with Crippen LogP contribution < -0.4 is 5.73 Å². The fraction of sp³-hybridized carbons (Fsp3) is 0.455. The van der Waals surface area contributed by atoms with Gasteiger partial charge in [0.05, 0.1) is 5.02 Å². The highest BCUT2D eigenvalue weighted by molar-refractivity contribution is 6.31. The largest absolute Gasteiger partial charge is 0.325 e. The van der Waals surface area contributed by atoms with E-state index in [0.29, 0.717) is 17.9 Å². The molecule has 0 amide bonds. The summed E-state index contributed by atoms with van der Waals surface area (Å²) in [7, 11) is 0. The Morgan fingerprint density at radius 2 is 2.27 bits per heavy atom. The van der Waals surface area contributed by atoms with Crippen LogP contribution in [-0.4, -0.2) is 16.3 Å². The number of pyridine rings is 1. The Morgan fingerprint density at radius 3 is 2.80 bits per heavy atom. The lowest BCUT2D eigenvalue weighted by Crippen LogP contribution is -2.35. The van der Waals surface area contributed by atoms with Crippen molar-refractivity contribution >= 4 is 17.4 Å². The van der Waals surface area contributed by atoms with Crippen molar-refractivity contribution in [3.05, 3.63) is 29.0 Å². The molecule has 3 nitrogen and oxygen atoms in total. The highest BCUT2D eigenvalue weighted by Gasteiger charge is 2.17. The number of rotatable bonds is 4. The van der Waals surface area contributed by atoms with Crippen LogP contribution >= 0.6 is 11.6 Å². The van der Waals surface area contributed by atoms with Gasteiger partial charge in [0.2, 0.25) is 0 Å². The topological polar surface area (TPSA) is 56.0 Å². The number of ketones is 1. The summed E-state index contributed by atoms with van der Waals surface area (Å²) in [5, 5.41) is 0.528. The Morgan fingerprint density at radius 1 is 1.60 bits per heavy atom. The molecule has 0 aliphatic rings. The average Bonchev–Trinajstić information content (AvgIpc) is 2.05. The number of hydrogen-bond donors (Lipinski definition) is 1. The fourth-order valence-corrected chi connectivity index (χ4v) is 1.52. The molecule has 0 fully saturated rings. The van der Waals surface area contributed by atoms with Crippen LogP contribution in [0.3, 0.4) is 0 Å². The molecule has 0 aliphatic carbocycles. The van der Waals surface area contributed by atoms with Crippen LogP contribution in [0.15, 0.2) is 18.5 Å². The van der Waals surface area contributed by atoms with Crippen molar-refractivity contribution in [2.45, 2.75) is 32.2 Å². The summed E-state index contributed by atoms with van der Waals surface area (Å²) in [4.78, 5) is 15.5. The Bertz CT molecular complexity index is 358. The molecular formula is C11H15ClN2O. The summed E-state index contributed by atoms with van der Waals surface area (Å²) >= 11 is 5.89. The number of carbonyl (C=O) groups is 1. The first kappa shape index (κ1) is 12.1. The standard InChI is InChI=1S/C11H15ClN2O/c1-11(2,13)6-9(15)5-8-3-4-14-7-10(8)12/h3-4,7H,5-6,13H2,1-2H3. The molecule has 0 aliphatic heterocycles. The smallest absolute Gasteiger partial charge is 0.139 e. The number of Topliss-reactive ketones (excluding diaryl/α,β-unsaturated/α-hetero) is 1. The minimum absolute atomic E-state index is 0.0931. The molecule has 1 aromatic rings. The predicted molar refractivity (Wildman–Crippen MR) is 60.8 cm³/mol. The number of nitrogens with two attached hydrogens (primary N) is 1. The van der Waals surface area contributed by atoms with E-state index in [2.05, 4.69) is 4.98 Å². The Balaban J connectivity index is 2.64. The molecule has 15 heavy (non-hydrogen) atoms. The Kier molecular flexibility index (Phi) is 3.83. The molecule has 0 spiro atoms. The lowest BCUT2D eigenvalue weighted by Gasteiger charge is -2.17. The van der Waals surface area contributed by atoms with E-state index in [1.165, 1.54) is 6.20 Å². The molecular weight excluding hydrogens is 212 g/mol. The van der Waals surface area contributed by atoms with E-state index in [1.807, 2.05) is 13.8 Å². The van der Waals surface area contributed by atoms with Crippen LogP contribution in [0.1, 0.15) is 25.8 Å². The van der Waals surface area contributed by atoms with Gasteiger partial charge in [-0.05, 0) is 25.5 Å². The second-order valence-corrected chi connectivity index (χ2v) is 4.76. The van der Waals surface area contributed by atoms with Gasteiger partial charge in [-0.2, -0.15) is 0 Å².